The molecule has 1 aliphatic carbocycles. The molecule has 4 heteroatoms. The first kappa shape index (κ1) is 14.3. The third-order valence-electron chi connectivity index (χ3n) is 4.02. The number of hydrogen-bond acceptors (Lipinski definition) is 4. The lowest BCUT2D eigenvalue weighted by Gasteiger charge is -2.25. The quantitative estimate of drug-likeness (QED) is 0.626. The normalized spacial score (nSPS) is 21.3. The lowest BCUT2D eigenvalue weighted by Crippen LogP contribution is -2.25. The highest BCUT2D eigenvalue weighted by Crippen LogP contribution is 2.44. The van der Waals surface area contributed by atoms with Crippen molar-refractivity contribution in [2.24, 2.45) is 11.3 Å². The van der Waals surface area contributed by atoms with Crippen LogP contribution in [0.1, 0.15) is 47.7 Å². The number of thiophene rings is 1. The van der Waals surface area contributed by atoms with Gasteiger partial charge in [-0.3, -0.25) is 9.59 Å². The molecule has 1 atom stereocenters. The Hall–Kier alpha value is -1.16. The zero-order valence-electron chi connectivity index (χ0n) is 11.7. The van der Waals surface area contributed by atoms with E-state index in [1.165, 1.54) is 18.4 Å². The highest BCUT2D eigenvalue weighted by Gasteiger charge is 2.39. The molecule has 1 unspecified atom stereocenters. The molecule has 2 rings (SSSR count). The predicted octanol–water partition coefficient (Wildman–Crippen LogP) is 3.47. The second-order valence-electron chi connectivity index (χ2n) is 5.82. The van der Waals surface area contributed by atoms with Crippen LogP contribution >= 0.6 is 11.3 Å². The van der Waals surface area contributed by atoms with Crippen molar-refractivity contribution in [3.05, 3.63) is 21.9 Å². The second kappa shape index (κ2) is 5.45. The molecule has 0 amide bonds. The Balaban J connectivity index is 2.10. The third kappa shape index (κ3) is 3.06. The van der Waals surface area contributed by atoms with Crippen molar-refractivity contribution < 1.29 is 14.3 Å². The van der Waals surface area contributed by atoms with E-state index < -0.39 is 0 Å². The maximum Gasteiger partial charge on any atom is 0.310 e. The standard InChI is InChI=1S/C15H20O3S/c1-15(2)8-4-5-11(15)14(17)12-7-6-10(19-12)9-13(16)18-3/h6-7,11H,4-5,8-9H2,1-3H3. The van der Waals surface area contributed by atoms with Gasteiger partial charge in [0.15, 0.2) is 5.78 Å². The molecule has 1 saturated carbocycles. The molecule has 0 bridgehead atoms. The minimum absolute atomic E-state index is 0.101. The van der Waals surface area contributed by atoms with Gasteiger partial charge < -0.3 is 4.74 Å². The Bertz CT molecular complexity index is 487. The van der Waals surface area contributed by atoms with Crippen LogP contribution in [0.3, 0.4) is 0 Å². The molecule has 3 nitrogen and oxygen atoms in total. The Labute approximate surface area is 118 Å². The molecule has 1 aliphatic rings. The van der Waals surface area contributed by atoms with Gasteiger partial charge in [0, 0.05) is 10.8 Å². The zero-order valence-corrected chi connectivity index (χ0v) is 12.5. The highest BCUT2D eigenvalue weighted by atomic mass is 32.1. The molecule has 0 saturated heterocycles. The molecule has 1 fully saturated rings. The van der Waals surface area contributed by atoms with E-state index in [1.54, 1.807) is 0 Å². The van der Waals surface area contributed by atoms with Crippen LogP contribution in [0, 0.1) is 11.3 Å². The smallest absolute Gasteiger partial charge is 0.310 e. The lowest BCUT2D eigenvalue weighted by atomic mass is 9.79. The number of carbonyl (C=O) groups excluding carboxylic acids is 2. The summed E-state index contributed by atoms with van der Waals surface area (Å²) in [5.74, 6) is 0.0998. The van der Waals surface area contributed by atoms with Gasteiger partial charge in [-0.2, -0.15) is 0 Å². The van der Waals surface area contributed by atoms with Crippen molar-refractivity contribution in [3.63, 3.8) is 0 Å². The monoisotopic (exact) mass is 280 g/mol. The van der Waals surface area contributed by atoms with E-state index in [-0.39, 0.29) is 29.5 Å². The second-order valence-corrected chi connectivity index (χ2v) is 6.98. The minimum Gasteiger partial charge on any atom is -0.469 e. The van der Waals surface area contributed by atoms with Gasteiger partial charge in [-0.25, -0.2) is 0 Å². The van der Waals surface area contributed by atoms with Crippen LogP contribution < -0.4 is 0 Å². The molecule has 0 aromatic carbocycles. The van der Waals surface area contributed by atoms with E-state index in [4.69, 9.17) is 0 Å². The molecule has 1 aromatic heterocycles. The highest BCUT2D eigenvalue weighted by molar-refractivity contribution is 7.14. The predicted molar refractivity (Wildman–Crippen MR) is 75.5 cm³/mol. The SMILES string of the molecule is COC(=O)Cc1ccc(C(=O)C2CCCC2(C)C)s1. The third-order valence-corrected chi connectivity index (χ3v) is 5.12. The summed E-state index contributed by atoms with van der Waals surface area (Å²) in [4.78, 5) is 25.4. The van der Waals surface area contributed by atoms with Gasteiger partial charge in [-0.15, -0.1) is 11.3 Å². The first-order valence-corrected chi connectivity index (χ1v) is 7.45. The van der Waals surface area contributed by atoms with Gasteiger partial charge in [0.25, 0.3) is 0 Å². The Kier molecular flexibility index (Phi) is 4.09. The van der Waals surface area contributed by atoms with E-state index in [2.05, 4.69) is 18.6 Å². The zero-order chi connectivity index (χ0) is 14.0. The fourth-order valence-electron chi connectivity index (χ4n) is 2.80. The van der Waals surface area contributed by atoms with Crippen LogP contribution in [0.15, 0.2) is 12.1 Å². The molecule has 0 N–H and O–H groups in total. The molecule has 0 radical (unpaired) electrons. The van der Waals surface area contributed by atoms with Gasteiger partial charge in [0.05, 0.1) is 18.4 Å². The first-order valence-electron chi connectivity index (χ1n) is 6.64. The number of ketones is 1. The molecule has 19 heavy (non-hydrogen) atoms. The number of methoxy groups -OCH3 is 1. The summed E-state index contributed by atoms with van der Waals surface area (Å²) in [5.41, 5.74) is 0.101. The Morgan fingerprint density at radius 1 is 1.42 bits per heavy atom. The minimum atomic E-state index is -0.262. The van der Waals surface area contributed by atoms with Crippen molar-refractivity contribution >= 4 is 23.1 Å². The van der Waals surface area contributed by atoms with Gasteiger partial charge >= 0.3 is 5.97 Å². The fraction of sp³-hybridized carbons (Fsp3) is 0.600. The van der Waals surface area contributed by atoms with Crippen LogP contribution in [0.25, 0.3) is 0 Å². The van der Waals surface area contributed by atoms with E-state index in [0.717, 1.165) is 29.0 Å². The summed E-state index contributed by atoms with van der Waals surface area (Å²) >= 11 is 1.42. The van der Waals surface area contributed by atoms with Crippen molar-refractivity contribution in [3.8, 4) is 0 Å². The maximum atomic E-state index is 12.5. The molecule has 1 aromatic rings. The number of Topliss-reactive ketones (excluding diaryl/α,β-unsaturated/α-hetero) is 1. The summed E-state index contributed by atoms with van der Waals surface area (Å²) in [6.45, 7) is 4.34. The molecular weight excluding hydrogens is 260 g/mol. The van der Waals surface area contributed by atoms with Gasteiger partial charge in [-0.05, 0) is 30.4 Å². The van der Waals surface area contributed by atoms with Crippen LogP contribution in [0.4, 0.5) is 0 Å². The number of carbonyl (C=O) groups is 2. The largest absolute Gasteiger partial charge is 0.469 e. The topological polar surface area (TPSA) is 43.4 Å². The van der Waals surface area contributed by atoms with Crippen LogP contribution in [0.2, 0.25) is 0 Å². The Morgan fingerprint density at radius 2 is 2.16 bits per heavy atom. The number of rotatable bonds is 4. The molecule has 104 valence electrons. The van der Waals surface area contributed by atoms with Crippen LogP contribution in [0.5, 0.6) is 0 Å². The number of esters is 1. The van der Waals surface area contributed by atoms with E-state index in [1.807, 2.05) is 12.1 Å². The lowest BCUT2D eigenvalue weighted by molar-refractivity contribution is -0.139. The summed E-state index contributed by atoms with van der Waals surface area (Å²) in [7, 11) is 1.38. The van der Waals surface area contributed by atoms with Gasteiger partial charge in [0.2, 0.25) is 0 Å². The van der Waals surface area contributed by atoms with Gasteiger partial charge in [-0.1, -0.05) is 20.3 Å². The number of ether oxygens (including phenoxy) is 1. The van der Waals surface area contributed by atoms with Crippen molar-refractivity contribution in [2.75, 3.05) is 7.11 Å². The fourth-order valence-corrected chi connectivity index (χ4v) is 3.79. The summed E-state index contributed by atoms with van der Waals surface area (Å²) in [6.07, 6.45) is 3.48. The average Bonchev–Trinajstić information content (AvgIpc) is 2.94. The average molecular weight is 280 g/mol. The van der Waals surface area contributed by atoms with Crippen LogP contribution in [-0.4, -0.2) is 18.9 Å². The van der Waals surface area contributed by atoms with Crippen molar-refractivity contribution in [1.29, 1.82) is 0 Å². The summed E-state index contributed by atoms with van der Waals surface area (Å²) < 4.78 is 4.64. The molecule has 1 heterocycles. The van der Waals surface area contributed by atoms with E-state index in [0.29, 0.717) is 0 Å². The number of hydrogen-bond donors (Lipinski definition) is 0. The van der Waals surface area contributed by atoms with E-state index >= 15 is 0 Å². The maximum absolute atomic E-state index is 12.5. The first-order chi connectivity index (χ1) is 8.94. The van der Waals surface area contributed by atoms with E-state index in [9.17, 15) is 9.59 Å². The molecule has 0 spiro atoms. The van der Waals surface area contributed by atoms with Crippen molar-refractivity contribution in [2.45, 2.75) is 39.5 Å². The molecule has 0 aliphatic heterocycles. The van der Waals surface area contributed by atoms with Gasteiger partial charge in [0.1, 0.15) is 0 Å². The van der Waals surface area contributed by atoms with Crippen molar-refractivity contribution in [1.82, 2.24) is 0 Å². The summed E-state index contributed by atoms with van der Waals surface area (Å²) in [6, 6.07) is 3.70. The Morgan fingerprint density at radius 3 is 2.74 bits per heavy atom. The molecular formula is C15H20O3S. The van der Waals surface area contributed by atoms with Crippen LogP contribution in [-0.2, 0) is 16.0 Å². The summed E-state index contributed by atoms with van der Waals surface area (Å²) in [5, 5.41) is 0.